The zero-order valence-corrected chi connectivity index (χ0v) is 17.4. The van der Waals surface area contributed by atoms with Gasteiger partial charge in [0.1, 0.15) is 17.5 Å². The summed E-state index contributed by atoms with van der Waals surface area (Å²) in [6.07, 6.45) is -0.0602. The van der Waals surface area contributed by atoms with Crippen molar-refractivity contribution in [2.24, 2.45) is 0 Å². The van der Waals surface area contributed by atoms with Crippen molar-refractivity contribution in [3.8, 4) is 11.4 Å². The van der Waals surface area contributed by atoms with Gasteiger partial charge in [-0.25, -0.2) is 18.6 Å². The molecule has 4 rings (SSSR count). The number of benzene rings is 1. The van der Waals surface area contributed by atoms with Crippen LogP contribution in [0.3, 0.4) is 0 Å². The topological polar surface area (TPSA) is 110 Å². The first-order chi connectivity index (χ1) is 15.3. The molecule has 2 aromatic heterocycles. The van der Waals surface area contributed by atoms with E-state index in [1.54, 1.807) is 23.8 Å². The SMILES string of the molecule is CNC(=O)c1cc(F)c(-c2nc3cc(C)ncc3n2C[C@H]2CN(C(=O)O)CCO2)c(F)c1. The summed E-state index contributed by atoms with van der Waals surface area (Å²) in [5.41, 5.74) is 1.13. The summed E-state index contributed by atoms with van der Waals surface area (Å²) < 4.78 is 37.3. The summed E-state index contributed by atoms with van der Waals surface area (Å²) in [5, 5.41) is 11.6. The van der Waals surface area contributed by atoms with Gasteiger partial charge in [0.2, 0.25) is 0 Å². The number of hydrogen-bond acceptors (Lipinski definition) is 5. The fourth-order valence-corrected chi connectivity index (χ4v) is 3.77. The number of ether oxygens (including phenoxy) is 1. The zero-order valence-electron chi connectivity index (χ0n) is 17.4. The number of carbonyl (C=O) groups is 2. The minimum atomic E-state index is -1.06. The molecule has 9 nitrogen and oxygen atoms in total. The van der Waals surface area contributed by atoms with E-state index in [0.29, 0.717) is 16.7 Å². The molecule has 1 aromatic carbocycles. The van der Waals surface area contributed by atoms with Crippen LogP contribution in [0.1, 0.15) is 16.1 Å². The first kappa shape index (κ1) is 21.6. The molecule has 2 amide bonds. The van der Waals surface area contributed by atoms with E-state index in [1.807, 2.05) is 0 Å². The van der Waals surface area contributed by atoms with Gasteiger partial charge in [0.05, 0.1) is 48.6 Å². The molecular weight excluding hydrogens is 424 g/mol. The molecule has 1 fully saturated rings. The summed E-state index contributed by atoms with van der Waals surface area (Å²) >= 11 is 0. The molecule has 11 heteroatoms. The average Bonchev–Trinajstić information content (AvgIpc) is 3.09. The van der Waals surface area contributed by atoms with E-state index in [4.69, 9.17) is 4.74 Å². The standard InChI is InChI=1S/C21H21F2N5O4/c1-11-5-16-17(8-25-11)28(10-13-9-27(21(30)31)3-4-32-13)19(26-16)18-14(22)6-12(7-15(18)23)20(29)24-2/h5-8,13H,3-4,9-10H2,1-2H3,(H,24,29)(H,30,31)/t13-/m1/s1. The number of pyridine rings is 1. The molecule has 32 heavy (non-hydrogen) atoms. The monoisotopic (exact) mass is 445 g/mol. The number of amides is 2. The maximum atomic E-state index is 15.0. The minimum absolute atomic E-state index is 0.00176. The molecule has 0 bridgehead atoms. The number of hydrogen-bond donors (Lipinski definition) is 2. The van der Waals surface area contributed by atoms with Gasteiger partial charge in [-0.1, -0.05) is 0 Å². The summed E-state index contributed by atoms with van der Waals surface area (Å²) in [6, 6.07) is 3.59. The van der Waals surface area contributed by atoms with Crippen LogP contribution in [0.25, 0.3) is 22.4 Å². The number of morpholine rings is 1. The van der Waals surface area contributed by atoms with Crippen molar-refractivity contribution in [3.05, 3.63) is 47.3 Å². The Morgan fingerprint density at radius 2 is 2.00 bits per heavy atom. The minimum Gasteiger partial charge on any atom is -0.465 e. The molecule has 1 aliphatic heterocycles. The first-order valence-corrected chi connectivity index (χ1v) is 9.92. The van der Waals surface area contributed by atoms with Crippen LogP contribution in [-0.4, -0.2) is 69.4 Å². The zero-order chi connectivity index (χ0) is 23.0. The van der Waals surface area contributed by atoms with Gasteiger partial charge in [0, 0.05) is 24.8 Å². The van der Waals surface area contributed by atoms with Gasteiger partial charge in [-0.15, -0.1) is 0 Å². The highest BCUT2D eigenvalue weighted by Crippen LogP contribution is 2.31. The number of fused-ring (bicyclic) bond motifs is 1. The van der Waals surface area contributed by atoms with Gasteiger partial charge >= 0.3 is 6.09 Å². The highest BCUT2D eigenvalue weighted by atomic mass is 19.1. The smallest absolute Gasteiger partial charge is 0.407 e. The average molecular weight is 445 g/mol. The fraction of sp³-hybridized carbons (Fsp3) is 0.333. The van der Waals surface area contributed by atoms with Gasteiger partial charge in [-0.05, 0) is 25.1 Å². The van der Waals surface area contributed by atoms with E-state index >= 15 is 8.78 Å². The van der Waals surface area contributed by atoms with E-state index in [1.165, 1.54) is 11.9 Å². The molecule has 0 unspecified atom stereocenters. The Labute approximate surface area is 181 Å². The Morgan fingerprint density at radius 1 is 1.28 bits per heavy atom. The number of imidazole rings is 1. The third-order valence-corrected chi connectivity index (χ3v) is 5.32. The molecule has 0 aliphatic carbocycles. The normalized spacial score (nSPS) is 16.4. The van der Waals surface area contributed by atoms with Gasteiger partial charge < -0.3 is 24.6 Å². The number of carbonyl (C=O) groups excluding carboxylic acids is 1. The second-order valence-corrected chi connectivity index (χ2v) is 7.48. The largest absolute Gasteiger partial charge is 0.465 e. The van der Waals surface area contributed by atoms with E-state index in [9.17, 15) is 14.7 Å². The lowest BCUT2D eigenvalue weighted by molar-refractivity contribution is -0.0286. The Morgan fingerprint density at radius 3 is 2.66 bits per heavy atom. The van der Waals surface area contributed by atoms with Crippen molar-refractivity contribution in [1.29, 1.82) is 0 Å². The molecule has 168 valence electrons. The van der Waals surface area contributed by atoms with Gasteiger partial charge in [0.25, 0.3) is 5.91 Å². The molecule has 0 radical (unpaired) electrons. The quantitative estimate of drug-likeness (QED) is 0.638. The molecular formula is C21H21F2N5O4. The number of nitrogens with zero attached hydrogens (tertiary/aromatic N) is 4. The Bertz CT molecular complexity index is 1190. The number of aryl methyl sites for hydroxylation is 1. The summed E-state index contributed by atoms with van der Waals surface area (Å²) in [7, 11) is 1.37. The van der Waals surface area contributed by atoms with Gasteiger partial charge in [-0.2, -0.15) is 0 Å². The Hall–Kier alpha value is -3.60. The third kappa shape index (κ3) is 3.98. The van der Waals surface area contributed by atoms with Crippen molar-refractivity contribution < 1.29 is 28.2 Å². The predicted molar refractivity (Wildman–Crippen MR) is 110 cm³/mol. The van der Waals surface area contributed by atoms with E-state index in [2.05, 4.69) is 15.3 Å². The number of carboxylic acid groups (broad SMARTS) is 1. The van der Waals surface area contributed by atoms with Crippen LogP contribution >= 0.6 is 0 Å². The van der Waals surface area contributed by atoms with Crippen LogP contribution in [0.2, 0.25) is 0 Å². The Kier molecular flexibility index (Phi) is 5.74. The highest BCUT2D eigenvalue weighted by Gasteiger charge is 2.28. The number of nitrogens with one attached hydrogen (secondary N) is 1. The second kappa shape index (κ2) is 8.50. The predicted octanol–water partition coefficient (Wildman–Crippen LogP) is 2.42. The maximum absolute atomic E-state index is 15.0. The van der Waals surface area contributed by atoms with Crippen LogP contribution in [0, 0.1) is 18.6 Å². The lowest BCUT2D eigenvalue weighted by atomic mass is 10.1. The second-order valence-electron chi connectivity index (χ2n) is 7.48. The van der Waals surface area contributed by atoms with Crippen LogP contribution in [0.15, 0.2) is 24.4 Å². The van der Waals surface area contributed by atoms with Crippen molar-refractivity contribution in [3.63, 3.8) is 0 Å². The van der Waals surface area contributed by atoms with Crippen LogP contribution in [0.5, 0.6) is 0 Å². The molecule has 2 N–H and O–H groups in total. The first-order valence-electron chi connectivity index (χ1n) is 9.92. The molecule has 3 heterocycles. The summed E-state index contributed by atoms with van der Waals surface area (Å²) in [5.74, 6) is -2.50. The van der Waals surface area contributed by atoms with E-state index < -0.39 is 35.3 Å². The lowest BCUT2D eigenvalue weighted by Gasteiger charge is -2.31. The molecule has 3 aromatic rings. The van der Waals surface area contributed by atoms with Crippen molar-refractivity contribution in [2.45, 2.75) is 19.6 Å². The molecule has 0 spiro atoms. The number of rotatable bonds is 4. The van der Waals surface area contributed by atoms with Crippen LogP contribution in [0.4, 0.5) is 13.6 Å². The third-order valence-electron chi connectivity index (χ3n) is 5.32. The van der Waals surface area contributed by atoms with E-state index in [-0.39, 0.29) is 37.6 Å². The van der Waals surface area contributed by atoms with Gasteiger partial charge in [0.15, 0.2) is 0 Å². The maximum Gasteiger partial charge on any atom is 0.407 e. The van der Waals surface area contributed by atoms with E-state index in [0.717, 1.165) is 12.1 Å². The molecule has 0 saturated carbocycles. The molecule has 1 aliphatic rings. The van der Waals surface area contributed by atoms with Crippen molar-refractivity contribution in [1.82, 2.24) is 24.8 Å². The highest BCUT2D eigenvalue weighted by molar-refractivity contribution is 5.94. The molecule has 1 atom stereocenters. The number of halogens is 2. The summed E-state index contributed by atoms with van der Waals surface area (Å²) in [6.45, 7) is 2.44. The van der Waals surface area contributed by atoms with Crippen LogP contribution in [-0.2, 0) is 11.3 Å². The van der Waals surface area contributed by atoms with Crippen molar-refractivity contribution >= 4 is 23.0 Å². The fourth-order valence-electron chi connectivity index (χ4n) is 3.77. The Balaban J connectivity index is 1.82. The number of aromatic nitrogens is 3. The summed E-state index contributed by atoms with van der Waals surface area (Å²) in [4.78, 5) is 33.1. The molecule has 1 saturated heterocycles. The van der Waals surface area contributed by atoms with Crippen LogP contribution < -0.4 is 5.32 Å². The van der Waals surface area contributed by atoms with Gasteiger partial charge in [-0.3, -0.25) is 9.78 Å². The van der Waals surface area contributed by atoms with Crippen molar-refractivity contribution in [2.75, 3.05) is 26.7 Å². The lowest BCUT2D eigenvalue weighted by Crippen LogP contribution is -2.46.